The van der Waals surface area contributed by atoms with Crippen molar-refractivity contribution in [1.82, 2.24) is 29.5 Å². The number of hydrogen-bond donors (Lipinski definition) is 2. The van der Waals surface area contributed by atoms with E-state index < -0.39 is 6.36 Å². The molecule has 4 heterocycles. The van der Waals surface area contributed by atoms with Crippen molar-refractivity contribution < 1.29 is 22.6 Å². The average Bonchev–Trinajstić information content (AvgIpc) is 3.44. The number of nitrogens with zero attached hydrogens (tertiary/aromatic N) is 6. The van der Waals surface area contributed by atoms with Gasteiger partial charge in [-0.05, 0) is 28.1 Å². The Morgan fingerprint density at radius 2 is 2.00 bits per heavy atom. The number of alkyl halides is 3. The van der Waals surface area contributed by atoms with Crippen LogP contribution in [0.15, 0.2) is 41.1 Å². The molecule has 0 aliphatic carbocycles. The number of H-pyrrole nitrogens is 1. The quantitative estimate of drug-likeness (QED) is 0.383. The van der Waals surface area contributed by atoms with E-state index in [1.807, 2.05) is 4.90 Å². The second-order valence-corrected chi connectivity index (χ2v) is 8.20. The van der Waals surface area contributed by atoms with Crippen LogP contribution in [0, 0.1) is 0 Å². The summed E-state index contributed by atoms with van der Waals surface area (Å²) in [6.07, 6.45) is -1.58. The van der Waals surface area contributed by atoms with Crippen LogP contribution < -0.4 is 15.0 Å². The zero-order valence-corrected chi connectivity index (χ0v) is 19.1. The molecular formula is C20H18BrF3N8O2. The van der Waals surface area contributed by atoms with Crippen LogP contribution in [-0.2, 0) is 11.3 Å². The van der Waals surface area contributed by atoms with E-state index in [1.165, 1.54) is 18.2 Å². The van der Waals surface area contributed by atoms with Crippen LogP contribution in [0.2, 0.25) is 0 Å². The molecular weight excluding hydrogens is 521 g/mol. The lowest BCUT2D eigenvalue weighted by Gasteiger charge is -2.27. The monoisotopic (exact) mass is 538 g/mol. The van der Waals surface area contributed by atoms with Crippen LogP contribution in [0.3, 0.4) is 0 Å². The molecule has 0 radical (unpaired) electrons. The first-order valence-electron chi connectivity index (χ1n) is 10.2. The molecule has 0 bridgehead atoms. The number of aromatic amines is 1. The van der Waals surface area contributed by atoms with Crippen LogP contribution in [-0.4, -0.2) is 62.2 Å². The predicted molar refractivity (Wildman–Crippen MR) is 120 cm³/mol. The molecule has 3 aromatic heterocycles. The van der Waals surface area contributed by atoms with Gasteiger partial charge in [0.05, 0.1) is 42.3 Å². The Hall–Kier alpha value is -3.39. The number of morpholine rings is 1. The van der Waals surface area contributed by atoms with Gasteiger partial charge in [-0.1, -0.05) is 12.1 Å². The topological polar surface area (TPSA) is 105 Å². The number of rotatable bonds is 6. The summed E-state index contributed by atoms with van der Waals surface area (Å²) in [4.78, 5) is 18.7. The van der Waals surface area contributed by atoms with Crippen molar-refractivity contribution in [2.45, 2.75) is 12.9 Å². The summed E-state index contributed by atoms with van der Waals surface area (Å²) in [5.41, 5.74) is 1.67. The van der Waals surface area contributed by atoms with Crippen LogP contribution in [0.5, 0.6) is 5.75 Å². The second kappa shape index (κ2) is 9.10. The predicted octanol–water partition coefficient (Wildman–Crippen LogP) is 3.62. The third kappa shape index (κ3) is 4.92. The van der Waals surface area contributed by atoms with Gasteiger partial charge in [-0.25, -0.2) is 4.98 Å². The molecule has 1 saturated heterocycles. The van der Waals surface area contributed by atoms with Crippen molar-refractivity contribution in [2.75, 3.05) is 36.5 Å². The molecule has 0 amide bonds. The minimum Gasteiger partial charge on any atom is -0.406 e. The van der Waals surface area contributed by atoms with E-state index >= 15 is 0 Å². The summed E-state index contributed by atoms with van der Waals surface area (Å²) in [5.74, 6) is 1.28. The highest BCUT2D eigenvalue weighted by Crippen LogP contribution is 2.27. The van der Waals surface area contributed by atoms with E-state index in [0.29, 0.717) is 60.9 Å². The maximum absolute atomic E-state index is 12.5. The average molecular weight is 539 g/mol. The number of aromatic nitrogens is 6. The van der Waals surface area contributed by atoms with Gasteiger partial charge in [-0.3, -0.25) is 0 Å². The normalized spacial score (nSPS) is 14.5. The lowest BCUT2D eigenvalue weighted by atomic mass is 10.1. The molecule has 4 aromatic rings. The molecule has 1 fully saturated rings. The smallest absolute Gasteiger partial charge is 0.406 e. The number of nitrogens with one attached hydrogen (secondary N) is 2. The number of ether oxygens (including phenoxy) is 2. The zero-order valence-electron chi connectivity index (χ0n) is 17.5. The Bertz CT molecular complexity index is 1300. The fraction of sp³-hybridized carbons (Fsp3) is 0.300. The molecule has 178 valence electrons. The number of halogens is 4. The van der Waals surface area contributed by atoms with Crippen molar-refractivity contribution in [3.05, 3.63) is 47.0 Å². The first-order valence-corrected chi connectivity index (χ1v) is 11.0. The molecule has 0 saturated carbocycles. The third-order valence-electron chi connectivity index (χ3n) is 5.03. The molecule has 1 aliphatic heterocycles. The summed E-state index contributed by atoms with van der Waals surface area (Å²) >= 11 is 3.46. The van der Waals surface area contributed by atoms with Crippen LogP contribution in [0.25, 0.3) is 16.9 Å². The number of anilines is 2. The van der Waals surface area contributed by atoms with Gasteiger partial charge in [0.2, 0.25) is 11.9 Å². The molecule has 5 rings (SSSR count). The maximum Gasteiger partial charge on any atom is 0.573 e. The number of benzene rings is 1. The van der Waals surface area contributed by atoms with Gasteiger partial charge < -0.3 is 24.7 Å². The van der Waals surface area contributed by atoms with E-state index in [-0.39, 0.29) is 12.3 Å². The molecule has 0 unspecified atom stereocenters. The van der Waals surface area contributed by atoms with Crippen molar-refractivity contribution in [2.24, 2.45) is 0 Å². The standard InChI is InChI=1S/C20H18BrF3N8O2/c21-14-9-27-32-17(14)29-19(31-4-6-33-7-5-31)30-18(32)26-11-16-25-10-15(28-16)12-2-1-3-13(8-12)34-20(22,23)24/h1-3,8-10H,4-7,11H2,(H,25,28)(H,26,29,30). The van der Waals surface area contributed by atoms with E-state index in [4.69, 9.17) is 4.74 Å². The van der Waals surface area contributed by atoms with Gasteiger partial charge in [0.15, 0.2) is 5.65 Å². The molecule has 14 heteroatoms. The van der Waals surface area contributed by atoms with E-state index in [0.717, 1.165) is 4.47 Å². The maximum atomic E-state index is 12.5. The second-order valence-electron chi connectivity index (χ2n) is 7.35. The molecule has 1 aliphatic rings. The Kier molecular flexibility index (Phi) is 6.00. The van der Waals surface area contributed by atoms with Crippen molar-refractivity contribution in [3.63, 3.8) is 0 Å². The number of fused-ring (bicyclic) bond motifs is 1. The summed E-state index contributed by atoms with van der Waals surface area (Å²) in [7, 11) is 0. The Morgan fingerprint density at radius 3 is 2.79 bits per heavy atom. The molecule has 10 nitrogen and oxygen atoms in total. The van der Waals surface area contributed by atoms with Crippen molar-refractivity contribution in [1.29, 1.82) is 0 Å². The first kappa shape index (κ1) is 22.4. The van der Waals surface area contributed by atoms with E-state index in [9.17, 15) is 13.2 Å². The summed E-state index contributed by atoms with van der Waals surface area (Å²) in [5, 5.41) is 7.52. The van der Waals surface area contributed by atoms with Gasteiger partial charge in [-0.15, -0.1) is 13.2 Å². The Morgan fingerprint density at radius 1 is 1.18 bits per heavy atom. The SMILES string of the molecule is FC(F)(F)Oc1cccc(-c2cnc(CNc3nc(N4CCOCC4)nc4c(Br)cnn34)[nH]2)c1. The fourth-order valence-corrected chi connectivity index (χ4v) is 3.83. The Labute approximate surface area is 199 Å². The largest absolute Gasteiger partial charge is 0.573 e. The lowest BCUT2D eigenvalue weighted by Crippen LogP contribution is -2.37. The Balaban J connectivity index is 1.35. The molecule has 1 aromatic carbocycles. The first-order chi connectivity index (χ1) is 16.4. The highest BCUT2D eigenvalue weighted by Gasteiger charge is 2.31. The van der Waals surface area contributed by atoms with Crippen molar-refractivity contribution in [3.8, 4) is 17.0 Å². The van der Waals surface area contributed by atoms with Gasteiger partial charge in [0, 0.05) is 18.7 Å². The minimum absolute atomic E-state index is 0.269. The van der Waals surface area contributed by atoms with Crippen molar-refractivity contribution >= 4 is 33.5 Å². The summed E-state index contributed by atoms with van der Waals surface area (Å²) in [6, 6.07) is 5.68. The zero-order chi connectivity index (χ0) is 23.7. The van der Waals surface area contributed by atoms with E-state index in [1.54, 1.807) is 23.0 Å². The molecule has 0 atom stereocenters. The van der Waals surface area contributed by atoms with Crippen LogP contribution in [0.4, 0.5) is 25.1 Å². The lowest BCUT2D eigenvalue weighted by molar-refractivity contribution is -0.274. The van der Waals surface area contributed by atoms with Crippen LogP contribution >= 0.6 is 15.9 Å². The van der Waals surface area contributed by atoms with Gasteiger partial charge in [0.25, 0.3) is 0 Å². The molecule has 2 N–H and O–H groups in total. The summed E-state index contributed by atoms with van der Waals surface area (Å²) < 4.78 is 49.3. The number of imidazole rings is 1. The third-order valence-corrected chi connectivity index (χ3v) is 5.59. The van der Waals surface area contributed by atoms with Gasteiger partial charge in [-0.2, -0.15) is 19.6 Å². The summed E-state index contributed by atoms with van der Waals surface area (Å²) in [6.45, 7) is 2.83. The van der Waals surface area contributed by atoms with Crippen LogP contribution in [0.1, 0.15) is 5.82 Å². The highest BCUT2D eigenvalue weighted by molar-refractivity contribution is 9.10. The van der Waals surface area contributed by atoms with Gasteiger partial charge in [0.1, 0.15) is 11.6 Å². The fourth-order valence-electron chi connectivity index (χ4n) is 3.48. The molecule has 0 spiro atoms. The minimum atomic E-state index is -4.76. The molecule has 34 heavy (non-hydrogen) atoms. The number of hydrogen-bond acceptors (Lipinski definition) is 8. The van der Waals surface area contributed by atoms with Gasteiger partial charge >= 0.3 is 6.36 Å². The highest BCUT2D eigenvalue weighted by atomic mass is 79.9. The van der Waals surface area contributed by atoms with E-state index in [2.05, 4.69) is 51.0 Å².